The van der Waals surface area contributed by atoms with E-state index >= 15 is 0 Å². The predicted octanol–water partition coefficient (Wildman–Crippen LogP) is -1.97. The van der Waals surface area contributed by atoms with Gasteiger partial charge in [0.15, 0.2) is 0 Å². The number of hydrogen-bond donors (Lipinski definition) is 2. The topological polar surface area (TPSA) is 59.1 Å². The van der Waals surface area contributed by atoms with Crippen LogP contribution >= 0.6 is 0 Å². The molecule has 6 heteroatoms. The summed E-state index contributed by atoms with van der Waals surface area (Å²) in [5.41, 5.74) is 0. The highest BCUT2D eigenvalue weighted by molar-refractivity contribution is 5.78. The zero-order valence-corrected chi connectivity index (χ0v) is 11.0. The van der Waals surface area contributed by atoms with Gasteiger partial charge >= 0.3 is 0 Å². The van der Waals surface area contributed by atoms with Crippen LogP contribution in [0.3, 0.4) is 0 Å². The molecule has 0 aromatic heterocycles. The normalized spacial score (nSPS) is 23.3. The van der Waals surface area contributed by atoms with Crippen LogP contribution in [-0.4, -0.2) is 97.8 Å². The Kier molecular flexibility index (Phi) is 5.37. The Morgan fingerprint density at radius 1 is 1.00 bits per heavy atom. The van der Waals surface area contributed by atoms with Crippen molar-refractivity contribution in [1.29, 1.82) is 0 Å². The second-order valence-electron chi connectivity index (χ2n) is 4.97. The third kappa shape index (κ3) is 3.91. The fraction of sp³-hybridized carbons (Fsp3) is 0.917. The van der Waals surface area contributed by atoms with E-state index in [1.165, 1.54) is 0 Å². The smallest absolute Gasteiger partial charge is 0.236 e. The number of aliphatic hydroxyl groups is 1. The molecule has 2 fully saturated rings. The van der Waals surface area contributed by atoms with Crippen LogP contribution in [0, 0.1) is 0 Å². The van der Waals surface area contributed by atoms with Crippen LogP contribution in [0.1, 0.15) is 0 Å². The number of nitrogens with zero attached hydrogens (tertiary/aromatic N) is 3. The summed E-state index contributed by atoms with van der Waals surface area (Å²) in [7, 11) is 0. The van der Waals surface area contributed by atoms with Crippen molar-refractivity contribution < 1.29 is 9.90 Å². The van der Waals surface area contributed by atoms with Gasteiger partial charge in [-0.05, 0) is 0 Å². The van der Waals surface area contributed by atoms with Crippen molar-refractivity contribution in [2.75, 3.05) is 72.1 Å². The highest BCUT2D eigenvalue weighted by Gasteiger charge is 2.22. The van der Waals surface area contributed by atoms with E-state index < -0.39 is 0 Å². The average molecular weight is 256 g/mol. The van der Waals surface area contributed by atoms with Crippen LogP contribution in [0.4, 0.5) is 0 Å². The molecule has 0 unspecified atom stereocenters. The summed E-state index contributed by atoms with van der Waals surface area (Å²) in [4.78, 5) is 18.5. The van der Waals surface area contributed by atoms with E-state index in [-0.39, 0.29) is 12.5 Å². The number of rotatable bonds is 4. The number of β-amino-alcohol motifs (C(OH)–C–C–N with tert-alkyl or cyclic N) is 1. The fourth-order valence-electron chi connectivity index (χ4n) is 2.52. The number of carbonyl (C=O) groups is 1. The molecule has 0 radical (unpaired) electrons. The van der Waals surface area contributed by atoms with Gasteiger partial charge in [0.1, 0.15) is 0 Å². The molecule has 0 saturated carbocycles. The molecule has 2 N–H and O–H groups in total. The van der Waals surface area contributed by atoms with Gasteiger partial charge in [0.05, 0.1) is 13.2 Å². The van der Waals surface area contributed by atoms with Crippen molar-refractivity contribution in [3.63, 3.8) is 0 Å². The molecule has 0 aromatic carbocycles. The Labute approximate surface area is 109 Å². The van der Waals surface area contributed by atoms with E-state index in [0.29, 0.717) is 6.54 Å². The van der Waals surface area contributed by atoms with E-state index in [4.69, 9.17) is 5.11 Å². The molecule has 18 heavy (non-hydrogen) atoms. The lowest BCUT2D eigenvalue weighted by atomic mass is 10.3. The zero-order valence-electron chi connectivity index (χ0n) is 11.0. The molecule has 0 atom stereocenters. The van der Waals surface area contributed by atoms with Crippen LogP contribution in [-0.2, 0) is 4.79 Å². The molecule has 0 aliphatic carbocycles. The first-order valence-electron chi connectivity index (χ1n) is 6.83. The summed E-state index contributed by atoms with van der Waals surface area (Å²) in [6.07, 6.45) is 0. The Morgan fingerprint density at radius 2 is 1.61 bits per heavy atom. The van der Waals surface area contributed by atoms with Gasteiger partial charge in [0.25, 0.3) is 0 Å². The molecule has 2 aliphatic heterocycles. The lowest BCUT2D eigenvalue weighted by Gasteiger charge is -2.35. The Bertz CT molecular complexity index is 261. The van der Waals surface area contributed by atoms with Crippen molar-refractivity contribution in [2.45, 2.75) is 0 Å². The summed E-state index contributed by atoms with van der Waals surface area (Å²) in [6.45, 7) is 8.78. The van der Waals surface area contributed by atoms with E-state index in [9.17, 15) is 4.79 Å². The van der Waals surface area contributed by atoms with Gasteiger partial charge in [-0.2, -0.15) is 0 Å². The van der Waals surface area contributed by atoms with Crippen LogP contribution in [0.25, 0.3) is 0 Å². The van der Waals surface area contributed by atoms with Gasteiger partial charge in [-0.1, -0.05) is 0 Å². The number of amides is 1. The second kappa shape index (κ2) is 7.04. The van der Waals surface area contributed by atoms with Crippen molar-refractivity contribution in [3.05, 3.63) is 0 Å². The summed E-state index contributed by atoms with van der Waals surface area (Å²) < 4.78 is 0. The van der Waals surface area contributed by atoms with Crippen LogP contribution in [0.2, 0.25) is 0 Å². The van der Waals surface area contributed by atoms with Gasteiger partial charge in [-0.25, -0.2) is 0 Å². The second-order valence-corrected chi connectivity index (χ2v) is 4.97. The molecule has 2 heterocycles. The van der Waals surface area contributed by atoms with Crippen molar-refractivity contribution >= 4 is 5.91 Å². The van der Waals surface area contributed by atoms with Gasteiger partial charge in [-0.15, -0.1) is 0 Å². The maximum absolute atomic E-state index is 12.1. The Hall–Kier alpha value is -0.690. The number of piperazine rings is 2. The number of carbonyl (C=O) groups excluding carboxylic acids is 1. The molecule has 0 bridgehead atoms. The van der Waals surface area contributed by atoms with Crippen molar-refractivity contribution in [3.8, 4) is 0 Å². The predicted molar refractivity (Wildman–Crippen MR) is 69.4 cm³/mol. The largest absolute Gasteiger partial charge is 0.395 e. The minimum Gasteiger partial charge on any atom is -0.395 e. The first kappa shape index (κ1) is 13.7. The zero-order chi connectivity index (χ0) is 12.8. The molecule has 2 aliphatic rings. The number of nitrogens with one attached hydrogen (secondary N) is 1. The standard InChI is InChI=1S/C12H24N4O2/c17-10-9-14-5-7-15(8-6-14)11-12(18)16-3-1-13-2-4-16/h13,17H,1-11H2. The molecular formula is C12H24N4O2. The third-order valence-electron chi connectivity index (χ3n) is 3.71. The van der Waals surface area contributed by atoms with Crippen molar-refractivity contribution in [1.82, 2.24) is 20.0 Å². The molecule has 2 saturated heterocycles. The van der Waals surface area contributed by atoms with E-state index in [2.05, 4.69) is 15.1 Å². The van der Waals surface area contributed by atoms with Gasteiger partial charge < -0.3 is 15.3 Å². The average Bonchev–Trinajstić information content (AvgIpc) is 2.42. The number of hydrogen-bond acceptors (Lipinski definition) is 5. The molecule has 2 rings (SSSR count). The van der Waals surface area contributed by atoms with Crippen LogP contribution in [0.15, 0.2) is 0 Å². The molecule has 1 amide bonds. The van der Waals surface area contributed by atoms with Gasteiger partial charge in [0.2, 0.25) is 5.91 Å². The molecule has 6 nitrogen and oxygen atoms in total. The fourth-order valence-corrected chi connectivity index (χ4v) is 2.52. The highest BCUT2D eigenvalue weighted by Crippen LogP contribution is 2.03. The number of aliphatic hydroxyl groups excluding tert-OH is 1. The quantitative estimate of drug-likeness (QED) is 0.611. The maximum Gasteiger partial charge on any atom is 0.236 e. The maximum atomic E-state index is 12.1. The third-order valence-corrected chi connectivity index (χ3v) is 3.71. The van der Waals surface area contributed by atoms with E-state index in [1.54, 1.807) is 0 Å². The monoisotopic (exact) mass is 256 g/mol. The molecule has 0 spiro atoms. The summed E-state index contributed by atoms with van der Waals surface area (Å²) in [6, 6.07) is 0. The summed E-state index contributed by atoms with van der Waals surface area (Å²) >= 11 is 0. The molecular weight excluding hydrogens is 232 g/mol. The first-order valence-corrected chi connectivity index (χ1v) is 6.83. The van der Waals surface area contributed by atoms with Crippen molar-refractivity contribution in [2.24, 2.45) is 0 Å². The Balaban J connectivity index is 1.68. The summed E-state index contributed by atoms with van der Waals surface area (Å²) in [5.74, 6) is 0.257. The molecule has 104 valence electrons. The van der Waals surface area contributed by atoms with Gasteiger partial charge in [0, 0.05) is 58.9 Å². The van der Waals surface area contributed by atoms with E-state index in [0.717, 1.165) is 58.9 Å². The minimum atomic E-state index is 0.222. The summed E-state index contributed by atoms with van der Waals surface area (Å²) in [5, 5.41) is 12.1. The lowest BCUT2D eigenvalue weighted by Crippen LogP contribution is -2.53. The van der Waals surface area contributed by atoms with Gasteiger partial charge in [-0.3, -0.25) is 14.6 Å². The highest BCUT2D eigenvalue weighted by atomic mass is 16.3. The molecule has 0 aromatic rings. The minimum absolute atomic E-state index is 0.222. The lowest BCUT2D eigenvalue weighted by molar-refractivity contribution is -0.133. The Morgan fingerprint density at radius 3 is 2.22 bits per heavy atom. The first-order chi connectivity index (χ1) is 8.79. The van der Waals surface area contributed by atoms with Crippen LogP contribution < -0.4 is 5.32 Å². The van der Waals surface area contributed by atoms with Crippen LogP contribution in [0.5, 0.6) is 0 Å². The van der Waals surface area contributed by atoms with E-state index in [1.807, 2.05) is 4.90 Å². The SMILES string of the molecule is O=C(CN1CCN(CCO)CC1)N1CCNCC1.